The minimum absolute atomic E-state index is 0.263. The number of aromatic nitrogens is 2. The summed E-state index contributed by atoms with van der Waals surface area (Å²) in [5.41, 5.74) is 1.38. The van der Waals surface area contributed by atoms with Crippen molar-refractivity contribution in [1.82, 2.24) is 15.3 Å². The molecule has 0 aliphatic heterocycles. The number of hydrogen-bond acceptors (Lipinski definition) is 4. The van der Waals surface area contributed by atoms with E-state index in [2.05, 4.69) is 15.3 Å². The van der Waals surface area contributed by atoms with Gasteiger partial charge in [0.2, 0.25) is 0 Å². The molecule has 2 aromatic heterocycles. The smallest absolute Gasteiger partial charge is 0.142 e. The van der Waals surface area contributed by atoms with Crippen LogP contribution in [-0.4, -0.2) is 24.1 Å². The van der Waals surface area contributed by atoms with Crippen molar-refractivity contribution in [3.05, 3.63) is 52.0 Å². The Morgan fingerprint density at radius 3 is 2.68 bits per heavy atom. The van der Waals surface area contributed by atoms with Crippen LogP contribution in [0.3, 0.4) is 0 Å². The van der Waals surface area contributed by atoms with E-state index < -0.39 is 0 Å². The van der Waals surface area contributed by atoms with Crippen LogP contribution in [0.2, 0.25) is 10.0 Å². The van der Waals surface area contributed by atoms with Gasteiger partial charge in [-0.15, -0.1) is 0 Å². The van der Waals surface area contributed by atoms with Gasteiger partial charge in [-0.2, -0.15) is 0 Å². The highest BCUT2D eigenvalue weighted by Gasteiger charge is 2.21. The number of ether oxygens (including phenoxy) is 1. The number of methoxy groups -OCH3 is 1. The highest BCUT2D eigenvalue weighted by atomic mass is 35.5. The van der Waals surface area contributed by atoms with Gasteiger partial charge in [0.05, 0.1) is 28.9 Å². The molecule has 0 amide bonds. The molecule has 2 aromatic rings. The summed E-state index contributed by atoms with van der Waals surface area (Å²) in [5, 5.41) is 4.12. The fraction of sp³-hybridized carbons (Fsp3) is 0.231. The quantitative estimate of drug-likeness (QED) is 0.942. The van der Waals surface area contributed by atoms with Gasteiger partial charge in [0.25, 0.3) is 0 Å². The summed E-state index contributed by atoms with van der Waals surface area (Å²) in [6.07, 6.45) is 3.26. The van der Waals surface area contributed by atoms with E-state index in [0.29, 0.717) is 21.5 Å². The molecule has 100 valence electrons. The lowest BCUT2D eigenvalue weighted by molar-refractivity contribution is 0.401. The third kappa shape index (κ3) is 2.97. The molecule has 4 nitrogen and oxygen atoms in total. The fourth-order valence-corrected chi connectivity index (χ4v) is 2.32. The minimum Gasteiger partial charge on any atom is -0.495 e. The highest BCUT2D eigenvalue weighted by Crippen LogP contribution is 2.31. The molecule has 0 saturated heterocycles. The van der Waals surface area contributed by atoms with Gasteiger partial charge < -0.3 is 10.1 Å². The second-order valence-electron chi connectivity index (χ2n) is 3.83. The van der Waals surface area contributed by atoms with Crippen molar-refractivity contribution in [3.63, 3.8) is 0 Å². The van der Waals surface area contributed by atoms with E-state index >= 15 is 0 Å². The summed E-state index contributed by atoms with van der Waals surface area (Å²) in [6, 6.07) is 5.05. The Labute approximate surface area is 121 Å². The first-order valence-electron chi connectivity index (χ1n) is 5.64. The number of nitrogens with zero attached hydrogens (tertiary/aromatic N) is 2. The van der Waals surface area contributed by atoms with Gasteiger partial charge in [0.1, 0.15) is 11.4 Å². The van der Waals surface area contributed by atoms with Crippen LogP contribution < -0.4 is 10.1 Å². The van der Waals surface area contributed by atoms with Crippen LogP contribution in [0.5, 0.6) is 5.75 Å². The van der Waals surface area contributed by atoms with Gasteiger partial charge in [0.15, 0.2) is 0 Å². The molecule has 0 aliphatic rings. The van der Waals surface area contributed by atoms with Crippen molar-refractivity contribution in [2.45, 2.75) is 6.04 Å². The maximum atomic E-state index is 6.19. The van der Waals surface area contributed by atoms with Crippen LogP contribution in [0.15, 0.2) is 30.6 Å². The van der Waals surface area contributed by atoms with Gasteiger partial charge in [-0.25, -0.2) is 0 Å². The second kappa shape index (κ2) is 6.19. The van der Waals surface area contributed by atoms with E-state index in [1.165, 1.54) is 0 Å². The number of hydrogen-bond donors (Lipinski definition) is 1. The summed E-state index contributed by atoms with van der Waals surface area (Å²) in [7, 11) is 3.41. The monoisotopic (exact) mass is 297 g/mol. The second-order valence-corrected chi connectivity index (χ2v) is 4.68. The Hall–Kier alpha value is -1.36. The molecule has 0 radical (unpaired) electrons. The normalized spacial score (nSPS) is 12.2. The van der Waals surface area contributed by atoms with Crippen LogP contribution in [0.1, 0.15) is 17.4 Å². The molecule has 1 atom stereocenters. The van der Waals surface area contributed by atoms with Crippen molar-refractivity contribution >= 4 is 23.2 Å². The first-order valence-corrected chi connectivity index (χ1v) is 6.40. The zero-order chi connectivity index (χ0) is 13.8. The lowest BCUT2D eigenvalue weighted by Crippen LogP contribution is -2.21. The van der Waals surface area contributed by atoms with Crippen molar-refractivity contribution in [1.29, 1.82) is 0 Å². The molecule has 1 unspecified atom stereocenters. The molecule has 1 N–H and O–H groups in total. The number of rotatable bonds is 4. The third-order valence-electron chi connectivity index (χ3n) is 2.69. The maximum absolute atomic E-state index is 6.19. The van der Waals surface area contributed by atoms with E-state index in [0.717, 1.165) is 5.69 Å². The zero-order valence-corrected chi connectivity index (χ0v) is 12.0. The lowest BCUT2D eigenvalue weighted by Gasteiger charge is -2.18. The largest absolute Gasteiger partial charge is 0.495 e. The van der Waals surface area contributed by atoms with E-state index in [1.54, 1.807) is 25.6 Å². The molecular weight excluding hydrogens is 285 g/mol. The lowest BCUT2D eigenvalue weighted by atomic mass is 10.1. The molecule has 6 heteroatoms. The van der Waals surface area contributed by atoms with Crippen molar-refractivity contribution < 1.29 is 4.74 Å². The van der Waals surface area contributed by atoms with Gasteiger partial charge in [-0.05, 0) is 25.2 Å². The molecule has 2 rings (SSSR count). The molecule has 0 bridgehead atoms. The van der Waals surface area contributed by atoms with Crippen molar-refractivity contribution in [2.75, 3.05) is 14.2 Å². The van der Waals surface area contributed by atoms with E-state index in [9.17, 15) is 0 Å². The van der Waals surface area contributed by atoms with Crippen LogP contribution in [0.25, 0.3) is 0 Å². The standard InChI is InChI=1S/C13H13Cl2N3O/c1-16-13(11-9(15)6-8(14)7-18-11)12-10(19-2)4-3-5-17-12/h3-7,13,16H,1-2H3. The Kier molecular flexibility index (Phi) is 4.58. The van der Waals surface area contributed by atoms with E-state index in [-0.39, 0.29) is 6.04 Å². The van der Waals surface area contributed by atoms with Crippen LogP contribution in [-0.2, 0) is 0 Å². The van der Waals surface area contributed by atoms with Crippen LogP contribution in [0, 0.1) is 0 Å². The predicted octanol–water partition coefficient (Wildman–Crippen LogP) is 3.10. The molecule has 19 heavy (non-hydrogen) atoms. The summed E-state index contributed by atoms with van der Waals surface area (Å²) in [5.74, 6) is 0.676. The molecule has 0 aliphatic carbocycles. The predicted molar refractivity (Wildman–Crippen MR) is 75.9 cm³/mol. The number of halogens is 2. The SMILES string of the molecule is CNC(c1ncc(Cl)cc1Cl)c1ncccc1OC. The Balaban J connectivity index is 2.50. The Bertz CT molecular complexity index is 578. The summed E-state index contributed by atoms with van der Waals surface area (Å²) in [4.78, 5) is 8.62. The average Bonchev–Trinajstić information content (AvgIpc) is 2.42. The molecule has 2 heterocycles. The van der Waals surface area contributed by atoms with Gasteiger partial charge in [-0.1, -0.05) is 23.2 Å². The minimum atomic E-state index is -0.263. The molecule has 0 aromatic carbocycles. The zero-order valence-electron chi connectivity index (χ0n) is 10.5. The summed E-state index contributed by atoms with van der Waals surface area (Å²) in [6.45, 7) is 0. The first-order chi connectivity index (χ1) is 9.17. The number of nitrogens with one attached hydrogen (secondary N) is 1. The summed E-state index contributed by atoms with van der Waals surface area (Å²) >= 11 is 12.1. The maximum Gasteiger partial charge on any atom is 0.142 e. The van der Waals surface area contributed by atoms with E-state index in [1.807, 2.05) is 19.2 Å². The van der Waals surface area contributed by atoms with Crippen molar-refractivity contribution in [3.8, 4) is 5.75 Å². The van der Waals surface area contributed by atoms with Crippen LogP contribution >= 0.6 is 23.2 Å². The first kappa shape index (κ1) is 14.1. The van der Waals surface area contributed by atoms with Gasteiger partial charge >= 0.3 is 0 Å². The fourth-order valence-electron chi connectivity index (χ4n) is 1.83. The van der Waals surface area contributed by atoms with Crippen molar-refractivity contribution in [2.24, 2.45) is 0 Å². The molecular formula is C13H13Cl2N3O. The van der Waals surface area contributed by atoms with Gasteiger partial charge in [-0.3, -0.25) is 9.97 Å². The Morgan fingerprint density at radius 1 is 1.26 bits per heavy atom. The number of pyridine rings is 2. The topological polar surface area (TPSA) is 47.0 Å². The average molecular weight is 298 g/mol. The van der Waals surface area contributed by atoms with E-state index in [4.69, 9.17) is 27.9 Å². The third-order valence-corrected chi connectivity index (χ3v) is 3.20. The van der Waals surface area contributed by atoms with Crippen LogP contribution in [0.4, 0.5) is 0 Å². The molecule has 0 spiro atoms. The Morgan fingerprint density at radius 2 is 2.05 bits per heavy atom. The molecule has 0 saturated carbocycles. The summed E-state index contributed by atoms with van der Waals surface area (Å²) < 4.78 is 5.31. The van der Waals surface area contributed by atoms with Gasteiger partial charge in [0, 0.05) is 12.4 Å². The highest BCUT2D eigenvalue weighted by molar-refractivity contribution is 6.34. The molecule has 0 fully saturated rings.